The average Bonchev–Trinajstić information content (AvgIpc) is 3.26. The lowest BCUT2D eigenvalue weighted by Crippen LogP contribution is -2.30. The van der Waals surface area contributed by atoms with Crippen molar-refractivity contribution >= 4 is 21.6 Å². The third-order valence-corrected chi connectivity index (χ3v) is 6.35. The van der Waals surface area contributed by atoms with Gasteiger partial charge in [0, 0.05) is 37.4 Å². The van der Waals surface area contributed by atoms with E-state index in [9.17, 15) is 26.4 Å². The van der Waals surface area contributed by atoms with Crippen LogP contribution in [0.25, 0.3) is 0 Å². The maximum absolute atomic E-state index is 12.8. The summed E-state index contributed by atoms with van der Waals surface area (Å²) in [7, 11) is -3.79. The van der Waals surface area contributed by atoms with Gasteiger partial charge in [-0.1, -0.05) is 6.92 Å². The summed E-state index contributed by atoms with van der Waals surface area (Å²) in [6, 6.07) is 7.01. The fraction of sp³-hybridized carbons (Fsp3) is 0.474. The number of amides is 1. The number of carbonyl (C=O) groups is 1. The van der Waals surface area contributed by atoms with Crippen LogP contribution in [0.2, 0.25) is 0 Å². The third kappa shape index (κ3) is 5.01. The molecule has 0 aliphatic carbocycles. The molecule has 0 saturated carbocycles. The molecule has 1 N–H and O–H groups in total. The Balaban J connectivity index is 1.60. The first-order valence-electron chi connectivity index (χ1n) is 9.49. The zero-order valence-electron chi connectivity index (χ0n) is 16.6. The van der Waals surface area contributed by atoms with Gasteiger partial charge in [0.2, 0.25) is 15.9 Å². The zero-order valence-corrected chi connectivity index (χ0v) is 17.4. The molecule has 1 atom stereocenters. The Kier molecular flexibility index (Phi) is 6.23. The summed E-state index contributed by atoms with van der Waals surface area (Å²) in [4.78, 5) is 13.5. The fourth-order valence-corrected chi connectivity index (χ4v) is 4.42. The highest BCUT2D eigenvalue weighted by atomic mass is 32.2. The zero-order chi connectivity index (χ0) is 22.1. The fourth-order valence-electron chi connectivity index (χ4n) is 3.25. The number of hydrogen-bond acceptors (Lipinski definition) is 4. The number of rotatable bonds is 7. The molecule has 0 unspecified atom stereocenters. The quantitative estimate of drug-likeness (QED) is 0.712. The standard InChI is InChI=1S/C19H23F3N4O3S/c1-13(12-26-14(2)10-17(24-26)19(20,21)22)11-23-30(28,29)16-7-5-15(6-8-16)25-9-3-4-18(25)27/h5-8,10,13,23H,3-4,9,11-12H2,1-2H3/t13-/m0/s1. The Bertz CT molecular complexity index is 1020. The topological polar surface area (TPSA) is 84.3 Å². The lowest BCUT2D eigenvalue weighted by Gasteiger charge is -2.17. The van der Waals surface area contributed by atoms with Crippen LogP contribution in [0.15, 0.2) is 35.2 Å². The van der Waals surface area contributed by atoms with Gasteiger partial charge in [-0.3, -0.25) is 9.48 Å². The molecule has 1 aromatic carbocycles. The average molecular weight is 444 g/mol. The molecule has 7 nitrogen and oxygen atoms in total. The van der Waals surface area contributed by atoms with E-state index in [2.05, 4.69) is 9.82 Å². The Labute approximate surface area is 172 Å². The molecule has 1 fully saturated rings. The van der Waals surface area contributed by atoms with Crippen molar-refractivity contribution in [3.63, 3.8) is 0 Å². The molecule has 1 saturated heterocycles. The Morgan fingerprint density at radius 3 is 2.43 bits per heavy atom. The van der Waals surface area contributed by atoms with Crippen LogP contribution in [0, 0.1) is 12.8 Å². The van der Waals surface area contributed by atoms with Gasteiger partial charge in [-0.2, -0.15) is 18.3 Å². The van der Waals surface area contributed by atoms with Gasteiger partial charge in [0.1, 0.15) is 0 Å². The first-order chi connectivity index (χ1) is 14.0. The van der Waals surface area contributed by atoms with Crippen molar-refractivity contribution in [1.29, 1.82) is 0 Å². The predicted molar refractivity (Wildman–Crippen MR) is 104 cm³/mol. The number of benzene rings is 1. The molecular formula is C19H23F3N4O3S. The third-order valence-electron chi connectivity index (χ3n) is 4.91. The largest absolute Gasteiger partial charge is 0.435 e. The Morgan fingerprint density at radius 1 is 1.23 bits per heavy atom. The number of halogens is 3. The van der Waals surface area contributed by atoms with Crippen molar-refractivity contribution in [2.75, 3.05) is 18.0 Å². The molecule has 3 rings (SSSR count). The SMILES string of the molecule is Cc1cc(C(F)(F)F)nn1C[C@@H](C)CNS(=O)(=O)c1ccc(N2CCCC2=O)cc1. The minimum atomic E-state index is -4.52. The van der Waals surface area contributed by atoms with Crippen molar-refractivity contribution in [3.8, 4) is 0 Å². The first kappa shape index (κ1) is 22.3. The summed E-state index contributed by atoms with van der Waals surface area (Å²) in [6.45, 7) is 4.03. The second kappa shape index (κ2) is 8.38. The first-order valence-corrected chi connectivity index (χ1v) is 11.0. The molecule has 11 heteroatoms. The molecule has 1 amide bonds. The van der Waals surface area contributed by atoms with Gasteiger partial charge in [0.15, 0.2) is 5.69 Å². The molecule has 2 aromatic rings. The minimum Gasteiger partial charge on any atom is -0.312 e. The molecule has 30 heavy (non-hydrogen) atoms. The number of nitrogens with zero attached hydrogens (tertiary/aromatic N) is 3. The Hall–Kier alpha value is -2.40. The number of carbonyl (C=O) groups excluding carboxylic acids is 1. The van der Waals surface area contributed by atoms with E-state index < -0.39 is 21.9 Å². The highest BCUT2D eigenvalue weighted by Crippen LogP contribution is 2.28. The van der Waals surface area contributed by atoms with Crippen LogP contribution in [0.3, 0.4) is 0 Å². The van der Waals surface area contributed by atoms with Gasteiger partial charge >= 0.3 is 6.18 Å². The number of anilines is 1. The van der Waals surface area contributed by atoms with Gasteiger partial charge in [0.25, 0.3) is 0 Å². The summed E-state index contributed by atoms with van der Waals surface area (Å²) in [5.41, 5.74) is 0.0351. The summed E-state index contributed by atoms with van der Waals surface area (Å²) < 4.78 is 67.1. The van der Waals surface area contributed by atoms with Crippen LogP contribution < -0.4 is 9.62 Å². The molecule has 1 aliphatic heterocycles. The van der Waals surface area contributed by atoms with Crippen LogP contribution in [0.5, 0.6) is 0 Å². The normalized spacial score (nSPS) is 16.3. The minimum absolute atomic E-state index is 0.0140. The highest BCUT2D eigenvalue weighted by molar-refractivity contribution is 7.89. The summed E-state index contributed by atoms with van der Waals surface area (Å²) in [5.74, 6) is -0.277. The second-order valence-electron chi connectivity index (χ2n) is 7.45. The number of aromatic nitrogens is 2. The monoisotopic (exact) mass is 444 g/mol. The van der Waals surface area contributed by atoms with E-state index in [1.165, 1.54) is 23.7 Å². The van der Waals surface area contributed by atoms with Crippen LogP contribution in [0.1, 0.15) is 31.2 Å². The van der Waals surface area contributed by atoms with Crippen LogP contribution >= 0.6 is 0 Å². The molecule has 0 spiro atoms. The van der Waals surface area contributed by atoms with Crippen molar-refractivity contribution in [1.82, 2.24) is 14.5 Å². The van der Waals surface area contributed by atoms with Crippen molar-refractivity contribution < 1.29 is 26.4 Å². The van der Waals surface area contributed by atoms with Gasteiger partial charge in [-0.05, 0) is 49.6 Å². The van der Waals surface area contributed by atoms with Gasteiger partial charge in [-0.15, -0.1) is 0 Å². The van der Waals surface area contributed by atoms with E-state index >= 15 is 0 Å². The lowest BCUT2D eigenvalue weighted by atomic mass is 10.2. The van der Waals surface area contributed by atoms with E-state index in [0.29, 0.717) is 24.3 Å². The highest BCUT2D eigenvalue weighted by Gasteiger charge is 2.34. The second-order valence-corrected chi connectivity index (χ2v) is 9.22. The van der Waals surface area contributed by atoms with E-state index in [1.54, 1.807) is 24.0 Å². The van der Waals surface area contributed by atoms with E-state index in [-0.39, 0.29) is 29.8 Å². The molecule has 2 heterocycles. The smallest absolute Gasteiger partial charge is 0.312 e. The predicted octanol–water partition coefficient (Wildman–Crippen LogP) is 2.95. The van der Waals surface area contributed by atoms with Crippen molar-refractivity contribution in [3.05, 3.63) is 41.7 Å². The summed E-state index contributed by atoms with van der Waals surface area (Å²) in [5, 5.41) is 3.56. The maximum atomic E-state index is 12.8. The molecule has 1 aliphatic rings. The number of hydrogen-bond donors (Lipinski definition) is 1. The van der Waals surface area contributed by atoms with Gasteiger partial charge in [0.05, 0.1) is 4.90 Å². The van der Waals surface area contributed by atoms with E-state index in [0.717, 1.165) is 12.5 Å². The van der Waals surface area contributed by atoms with E-state index in [1.807, 2.05) is 0 Å². The lowest BCUT2D eigenvalue weighted by molar-refractivity contribution is -0.141. The molecule has 1 aromatic heterocycles. The van der Waals surface area contributed by atoms with Crippen LogP contribution in [0.4, 0.5) is 18.9 Å². The maximum Gasteiger partial charge on any atom is 0.435 e. The molecule has 0 bridgehead atoms. The van der Waals surface area contributed by atoms with Crippen LogP contribution in [-0.2, 0) is 27.5 Å². The number of sulfonamides is 1. The number of alkyl halides is 3. The summed E-state index contributed by atoms with van der Waals surface area (Å²) in [6.07, 6.45) is -3.26. The van der Waals surface area contributed by atoms with Crippen molar-refractivity contribution in [2.24, 2.45) is 5.92 Å². The Morgan fingerprint density at radius 2 is 1.90 bits per heavy atom. The molecule has 164 valence electrons. The molecule has 0 radical (unpaired) electrons. The number of nitrogens with one attached hydrogen (secondary N) is 1. The van der Waals surface area contributed by atoms with Crippen LogP contribution in [-0.4, -0.2) is 37.2 Å². The van der Waals surface area contributed by atoms with E-state index in [4.69, 9.17) is 0 Å². The van der Waals surface area contributed by atoms with Gasteiger partial charge < -0.3 is 4.90 Å². The number of aryl methyl sites for hydroxylation is 1. The van der Waals surface area contributed by atoms with Gasteiger partial charge in [-0.25, -0.2) is 13.1 Å². The van der Waals surface area contributed by atoms with Crippen molar-refractivity contribution in [2.45, 2.75) is 44.3 Å². The molecular weight excluding hydrogens is 421 g/mol. The summed E-state index contributed by atoms with van der Waals surface area (Å²) >= 11 is 0.